The van der Waals surface area contributed by atoms with E-state index in [0.717, 1.165) is 11.4 Å². The lowest BCUT2D eigenvalue weighted by Crippen LogP contribution is -2.05. The summed E-state index contributed by atoms with van der Waals surface area (Å²) in [4.78, 5) is 4.24. The van der Waals surface area contributed by atoms with Crippen molar-refractivity contribution >= 4 is 5.69 Å². The van der Waals surface area contributed by atoms with Gasteiger partial charge in [-0.1, -0.05) is 0 Å². The van der Waals surface area contributed by atoms with Crippen molar-refractivity contribution < 1.29 is 0 Å². The minimum Gasteiger partial charge on any atom is -0.396 e. The van der Waals surface area contributed by atoms with Crippen LogP contribution in [0.3, 0.4) is 0 Å². The van der Waals surface area contributed by atoms with Crippen LogP contribution in [0.5, 0.6) is 0 Å². The Hall–Kier alpha value is -1.84. The Labute approximate surface area is 88.8 Å². The number of aromatic nitrogens is 3. The van der Waals surface area contributed by atoms with Crippen molar-refractivity contribution in [2.45, 2.75) is 20.8 Å². The summed E-state index contributed by atoms with van der Waals surface area (Å²) in [7, 11) is 0. The van der Waals surface area contributed by atoms with Gasteiger partial charge in [-0.3, -0.25) is 0 Å². The van der Waals surface area contributed by atoms with E-state index in [9.17, 15) is 0 Å². The largest absolute Gasteiger partial charge is 0.396 e. The van der Waals surface area contributed by atoms with Crippen molar-refractivity contribution in [1.82, 2.24) is 14.8 Å². The van der Waals surface area contributed by atoms with E-state index in [4.69, 9.17) is 5.73 Å². The highest BCUT2D eigenvalue weighted by molar-refractivity contribution is 5.53. The fourth-order valence-corrected chi connectivity index (χ4v) is 1.51. The lowest BCUT2D eigenvalue weighted by Gasteiger charge is -2.05. The van der Waals surface area contributed by atoms with Crippen LogP contribution >= 0.6 is 0 Å². The summed E-state index contributed by atoms with van der Waals surface area (Å²) in [6.07, 6.45) is 1.72. The monoisotopic (exact) mass is 202 g/mol. The summed E-state index contributed by atoms with van der Waals surface area (Å²) in [6, 6.07) is 3.64. The van der Waals surface area contributed by atoms with E-state index in [1.165, 1.54) is 5.56 Å². The van der Waals surface area contributed by atoms with E-state index >= 15 is 0 Å². The van der Waals surface area contributed by atoms with Crippen molar-refractivity contribution in [1.29, 1.82) is 0 Å². The van der Waals surface area contributed by atoms with Gasteiger partial charge in [0.25, 0.3) is 0 Å². The summed E-state index contributed by atoms with van der Waals surface area (Å²) in [6.45, 7) is 6.05. The SMILES string of the molecule is Cc1nn(-c2ncccc2N)c(C)c1C. The van der Waals surface area contributed by atoms with E-state index in [-0.39, 0.29) is 0 Å². The maximum atomic E-state index is 5.86. The van der Waals surface area contributed by atoms with Crippen LogP contribution in [0.4, 0.5) is 5.69 Å². The number of hydrogen-bond donors (Lipinski definition) is 1. The average molecular weight is 202 g/mol. The Kier molecular flexibility index (Phi) is 2.19. The summed E-state index contributed by atoms with van der Waals surface area (Å²) in [5.41, 5.74) is 9.77. The third-order valence-electron chi connectivity index (χ3n) is 2.67. The molecule has 0 spiro atoms. The molecule has 0 saturated heterocycles. The lowest BCUT2D eigenvalue weighted by atomic mass is 10.2. The van der Waals surface area contributed by atoms with Gasteiger partial charge in [0.15, 0.2) is 5.82 Å². The highest BCUT2D eigenvalue weighted by Gasteiger charge is 2.11. The van der Waals surface area contributed by atoms with E-state index < -0.39 is 0 Å². The van der Waals surface area contributed by atoms with Gasteiger partial charge in [0.05, 0.1) is 11.4 Å². The molecule has 2 N–H and O–H groups in total. The van der Waals surface area contributed by atoms with Crippen molar-refractivity contribution in [2.75, 3.05) is 5.73 Å². The molecule has 0 unspecified atom stereocenters. The van der Waals surface area contributed by atoms with Crippen LogP contribution in [0.2, 0.25) is 0 Å². The molecule has 0 aliphatic rings. The number of nitrogen functional groups attached to an aromatic ring is 1. The predicted octanol–water partition coefficient (Wildman–Crippen LogP) is 1.77. The number of rotatable bonds is 1. The minimum atomic E-state index is 0.642. The third-order valence-corrected chi connectivity index (χ3v) is 2.67. The smallest absolute Gasteiger partial charge is 0.176 e. The quantitative estimate of drug-likeness (QED) is 0.766. The first-order valence-electron chi connectivity index (χ1n) is 4.85. The van der Waals surface area contributed by atoms with Crippen LogP contribution in [-0.4, -0.2) is 14.8 Å². The fraction of sp³-hybridized carbons (Fsp3) is 0.273. The molecule has 0 radical (unpaired) electrons. The average Bonchev–Trinajstić information content (AvgIpc) is 2.47. The molecule has 0 bridgehead atoms. The molecule has 0 atom stereocenters. The van der Waals surface area contributed by atoms with Gasteiger partial charge >= 0.3 is 0 Å². The van der Waals surface area contributed by atoms with E-state index in [0.29, 0.717) is 11.5 Å². The second kappa shape index (κ2) is 3.38. The molecule has 4 heteroatoms. The topological polar surface area (TPSA) is 56.7 Å². The Balaban J connectivity index is 2.65. The molecule has 4 nitrogen and oxygen atoms in total. The first-order chi connectivity index (χ1) is 7.11. The molecule has 2 aromatic rings. The number of pyridine rings is 1. The number of hydrogen-bond acceptors (Lipinski definition) is 3. The number of aryl methyl sites for hydroxylation is 1. The molecule has 0 fully saturated rings. The lowest BCUT2D eigenvalue weighted by molar-refractivity contribution is 0.808. The molecular formula is C11H14N4. The van der Waals surface area contributed by atoms with Crippen molar-refractivity contribution in [3.63, 3.8) is 0 Å². The van der Waals surface area contributed by atoms with Crippen LogP contribution in [0, 0.1) is 20.8 Å². The van der Waals surface area contributed by atoms with Crippen LogP contribution in [0.15, 0.2) is 18.3 Å². The Morgan fingerprint density at radius 1 is 1.27 bits per heavy atom. The molecular weight excluding hydrogens is 188 g/mol. The molecule has 2 rings (SSSR count). The minimum absolute atomic E-state index is 0.642. The summed E-state index contributed by atoms with van der Waals surface area (Å²) < 4.78 is 1.79. The molecule has 0 aliphatic heterocycles. The normalized spacial score (nSPS) is 10.6. The first-order valence-corrected chi connectivity index (χ1v) is 4.85. The summed E-state index contributed by atoms with van der Waals surface area (Å²) in [5, 5.41) is 4.42. The summed E-state index contributed by atoms with van der Waals surface area (Å²) >= 11 is 0. The second-order valence-corrected chi connectivity index (χ2v) is 3.62. The Morgan fingerprint density at radius 2 is 2.00 bits per heavy atom. The van der Waals surface area contributed by atoms with Gasteiger partial charge in [0.1, 0.15) is 0 Å². The number of anilines is 1. The highest BCUT2D eigenvalue weighted by Crippen LogP contribution is 2.18. The zero-order valence-electron chi connectivity index (χ0n) is 9.15. The van der Waals surface area contributed by atoms with E-state index in [2.05, 4.69) is 10.1 Å². The van der Waals surface area contributed by atoms with Gasteiger partial charge in [-0.2, -0.15) is 5.10 Å². The Morgan fingerprint density at radius 3 is 2.53 bits per heavy atom. The third kappa shape index (κ3) is 1.48. The molecule has 78 valence electrons. The summed E-state index contributed by atoms with van der Waals surface area (Å²) in [5.74, 6) is 0.700. The van der Waals surface area contributed by atoms with E-state index in [1.807, 2.05) is 32.9 Å². The molecule has 0 saturated carbocycles. The fourth-order valence-electron chi connectivity index (χ4n) is 1.51. The van der Waals surface area contributed by atoms with Crippen molar-refractivity contribution in [2.24, 2.45) is 0 Å². The standard InChI is InChI=1S/C11H14N4/c1-7-8(2)14-15(9(7)3)11-10(12)5-4-6-13-11/h4-6H,12H2,1-3H3. The molecule has 0 amide bonds. The predicted molar refractivity (Wildman–Crippen MR) is 60.0 cm³/mol. The van der Waals surface area contributed by atoms with Gasteiger partial charge in [-0.05, 0) is 38.5 Å². The van der Waals surface area contributed by atoms with Crippen LogP contribution < -0.4 is 5.73 Å². The van der Waals surface area contributed by atoms with Gasteiger partial charge in [-0.15, -0.1) is 0 Å². The zero-order chi connectivity index (χ0) is 11.0. The number of nitrogens with zero attached hydrogens (tertiary/aromatic N) is 3. The van der Waals surface area contributed by atoms with Crippen LogP contribution in [0.25, 0.3) is 5.82 Å². The maximum Gasteiger partial charge on any atom is 0.176 e. The molecule has 0 aromatic carbocycles. The van der Waals surface area contributed by atoms with Gasteiger partial charge in [0, 0.05) is 11.9 Å². The van der Waals surface area contributed by atoms with Gasteiger partial charge in [0.2, 0.25) is 0 Å². The van der Waals surface area contributed by atoms with Crippen molar-refractivity contribution in [3.05, 3.63) is 35.3 Å². The molecule has 2 heterocycles. The van der Waals surface area contributed by atoms with E-state index in [1.54, 1.807) is 10.9 Å². The van der Waals surface area contributed by atoms with Crippen molar-refractivity contribution in [3.8, 4) is 5.82 Å². The Bertz CT molecular complexity index is 499. The van der Waals surface area contributed by atoms with Crippen LogP contribution in [0.1, 0.15) is 17.0 Å². The zero-order valence-corrected chi connectivity index (χ0v) is 9.15. The molecule has 2 aromatic heterocycles. The second-order valence-electron chi connectivity index (χ2n) is 3.62. The van der Waals surface area contributed by atoms with Gasteiger partial charge < -0.3 is 5.73 Å². The first kappa shape index (κ1) is 9.71. The van der Waals surface area contributed by atoms with Crippen LogP contribution in [-0.2, 0) is 0 Å². The highest BCUT2D eigenvalue weighted by atomic mass is 15.3. The number of nitrogens with two attached hydrogens (primary N) is 1. The molecule has 0 aliphatic carbocycles. The molecule has 15 heavy (non-hydrogen) atoms. The van der Waals surface area contributed by atoms with Gasteiger partial charge in [-0.25, -0.2) is 9.67 Å². The maximum absolute atomic E-state index is 5.86.